The van der Waals surface area contributed by atoms with E-state index in [1.165, 1.54) is 17.1 Å². The van der Waals surface area contributed by atoms with E-state index in [0.717, 1.165) is 25.7 Å². The maximum atomic E-state index is 11.8. The van der Waals surface area contributed by atoms with Gasteiger partial charge in [0.2, 0.25) is 0 Å². The molecule has 0 saturated heterocycles. The summed E-state index contributed by atoms with van der Waals surface area (Å²) < 4.78 is 1.32. The van der Waals surface area contributed by atoms with Crippen molar-refractivity contribution in [2.45, 2.75) is 44.6 Å². The first-order valence-electron chi connectivity index (χ1n) is 5.55. The molecule has 0 bridgehead atoms. The number of aromatic amines is 1. The van der Waals surface area contributed by atoms with Crippen LogP contribution in [0.4, 0.5) is 0 Å². The molecule has 0 aromatic carbocycles. The molecule has 0 radical (unpaired) electrons. The Balaban J connectivity index is 2.55. The second kappa shape index (κ2) is 4.09. The monoisotopic (exact) mass is 242 g/mol. The molecule has 1 heterocycles. The van der Waals surface area contributed by atoms with Crippen LogP contribution in [-0.4, -0.2) is 9.55 Å². The lowest BCUT2D eigenvalue weighted by molar-refractivity contribution is 0.204. The maximum Gasteiger partial charge on any atom is 0.329 e. The predicted octanol–water partition coefficient (Wildman–Crippen LogP) is 1.87. The van der Waals surface area contributed by atoms with Gasteiger partial charge in [0.15, 0.2) is 0 Å². The highest BCUT2D eigenvalue weighted by atomic mass is 35.5. The number of H-pyrrole nitrogens is 1. The molecular weight excluding hydrogens is 228 g/mol. The van der Waals surface area contributed by atoms with Crippen molar-refractivity contribution >= 4 is 11.6 Å². The van der Waals surface area contributed by atoms with E-state index in [1.807, 2.05) is 6.92 Å². The molecule has 1 N–H and O–H groups in total. The van der Waals surface area contributed by atoms with Gasteiger partial charge in [0.1, 0.15) is 5.15 Å². The summed E-state index contributed by atoms with van der Waals surface area (Å²) in [5.41, 5.74) is -1.06. The SMILES string of the molecule is CC1(n2c(=O)cc(Cl)[nH]c2=O)CCCCC1. The van der Waals surface area contributed by atoms with Gasteiger partial charge in [-0.1, -0.05) is 30.9 Å². The summed E-state index contributed by atoms with van der Waals surface area (Å²) >= 11 is 5.64. The van der Waals surface area contributed by atoms with Crippen molar-refractivity contribution in [2.24, 2.45) is 0 Å². The fourth-order valence-corrected chi connectivity index (χ4v) is 2.69. The van der Waals surface area contributed by atoms with Crippen molar-refractivity contribution in [3.05, 3.63) is 32.1 Å². The Hall–Kier alpha value is -1.03. The topological polar surface area (TPSA) is 54.9 Å². The maximum absolute atomic E-state index is 11.8. The molecule has 1 saturated carbocycles. The molecule has 2 rings (SSSR count). The third-order valence-electron chi connectivity index (χ3n) is 3.37. The Morgan fingerprint density at radius 2 is 1.94 bits per heavy atom. The zero-order valence-electron chi connectivity index (χ0n) is 9.25. The third kappa shape index (κ3) is 1.94. The molecule has 0 atom stereocenters. The van der Waals surface area contributed by atoms with Crippen LogP contribution in [0.5, 0.6) is 0 Å². The van der Waals surface area contributed by atoms with E-state index in [-0.39, 0.29) is 16.3 Å². The fraction of sp³-hybridized carbons (Fsp3) is 0.636. The van der Waals surface area contributed by atoms with Gasteiger partial charge >= 0.3 is 5.69 Å². The van der Waals surface area contributed by atoms with E-state index < -0.39 is 5.69 Å². The first-order valence-corrected chi connectivity index (χ1v) is 5.93. The number of nitrogens with zero attached hydrogens (tertiary/aromatic N) is 1. The molecule has 0 unspecified atom stereocenters. The second-order valence-corrected chi connectivity index (χ2v) is 5.06. The number of rotatable bonds is 1. The molecule has 1 aromatic rings. The van der Waals surface area contributed by atoms with Gasteiger partial charge in [-0.15, -0.1) is 0 Å². The van der Waals surface area contributed by atoms with Gasteiger partial charge in [0.05, 0.1) is 0 Å². The van der Waals surface area contributed by atoms with Crippen LogP contribution < -0.4 is 11.2 Å². The average Bonchev–Trinajstić information content (AvgIpc) is 2.16. The van der Waals surface area contributed by atoms with Gasteiger partial charge in [-0.3, -0.25) is 14.3 Å². The van der Waals surface area contributed by atoms with Gasteiger partial charge in [0.25, 0.3) is 5.56 Å². The predicted molar refractivity (Wildman–Crippen MR) is 63.1 cm³/mol. The zero-order valence-corrected chi connectivity index (χ0v) is 10.0. The highest BCUT2D eigenvalue weighted by Crippen LogP contribution is 2.32. The summed E-state index contributed by atoms with van der Waals surface area (Å²) in [6, 6.07) is 1.27. The van der Waals surface area contributed by atoms with E-state index in [9.17, 15) is 9.59 Å². The molecule has 1 fully saturated rings. The Morgan fingerprint density at radius 3 is 2.50 bits per heavy atom. The fourth-order valence-electron chi connectivity index (χ4n) is 2.52. The molecule has 1 aliphatic carbocycles. The number of halogens is 1. The molecule has 88 valence electrons. The molecule has 4 nitrogen and oxygen atoms in total. The van der Waals surface area contributed by atoms with Gasteiger partial charge in [-0.2, -0.15) is 0 Å². The second-order valence-electron chi connectivity index (χ2n) is 4.65. The molecule has 0 aliphatic heterocycles. The summed E-state index contributed by atoms with van der Waals surface area (Å²) in [6.07, 6.45) is 5.04. The first kappa shape index (κ1) is 11.5. The van der Waals surface area contributed by atoms with Crippen molar-refractivity contribution < 1.29 is 0 Å². The highest BCUT2D eigenvalue weighted by molar-refractivity contribution is 6.29. The minimum atomic E-state index is -0.401. The van der Waals surface area contributed by atoms with Crippen LogP contribution in [0.1, 0.15) is 39.0 Å². The van der Waals surface area contributed by atoms with Crippen molar-refractivity contribution in [1.29, 1.82) is 0 Å². The van der Waals surface area contributed by atoms with Crippen LogP contribution in [0, 0.1) is 0 Å². The van der Waals surface area contributed by atoms with Gasteiger partial charge in [0, 0.05) is 11.6 Å². The van der Waals surface area contributed by atoms with Gasteiger partial charge in [-0.25, -0.2) is 4.79 Å². The minimum absolute atomic E-state index is 0.102. The van der Waals surface area contributed by atoms with Gasteiger partial charge < -0.3 is 0 Å². The van der Waals surface area contributed by atoms with Crippen molar-refractivity contribution in [1.82, 2.24) is 9.55 Å². The van der Waals surface area contributed by atoms with E-state index in [2.05, 4.69) is 4.98 Å². The molecule has 1 aliphatic rings. The first-order chi connectivity index (χ1) is 7.53. The average molecular weight is 243 g/mol. The molecule has 0 spiro atoms. The highest BCUT2D eigenvalue weighted by Gasteiger charge is 2.31. The quantitative estimate of drug-likeness (QED) is 0.765. The Morgan fingerprint density at radius 1 is 1.31 bits per heavy atom. The van der Waals surface area contributed by atoms with Crippen LogP contribution in [0.15, 0.2) is 15.7 Å². The molecule has 0 amide bonds. The summed E-state index contributed by atoms with van der Waals surface area (Å²) in [5.74, 6) is 0. The van der Waals surface area contributed by atoms with Crippen LogP contribution in [0.25, 0.3) is 0 Å². The molecular formula is C11H15ClN2O2. The normalized spacial score (nSPS) is 19.6. The van der Waals surface area contributed by atoms with Gasteiger partial charge in [-0.05, 0) is 19.8 Å². The lowest BCUT2D eigenvalue weighted by atomic mass is 9.83. The lowest BCUT2D eigenvalue weighted by Crippen LogP contribution is -2.48. The molecule has 5 heteroatoms. The van der Waals surface area contributed by atoms with E-state index in [0.29, 0.717) is 0 Å². The number of hydrogen-bond donors (Lipinski definition) is 1. The Bertz CT molecular complexity index is 466. The van der Waals surface area contributed by atoms with Crippen LogP contribution in [0.2, 0.25) is 5.15 Å². The van der Waals surface area contributed by atoms with Crippen LogP contribution in [0.3, 0.4) is 0 Å². The summed E-state index contributed by atoms with van der Waals surface area (Å²) in [6.45, 7) is 1.97. The van der Waals surface area contributed by atoms with Crippen molar-refractivity contribution in [3.63, 3.8) is 0 Å². The lowest BCUT2D eigenvalue weighted by Gasteiger charge is -2.34. The largest absolute Gasteiger partial charge is 0.329 e. The van der Waals surface area contributed by atoms with Crippen molar-refractivity contribution in [2.75, 3.05) is 0 Å². The summed E-state index contributed by atoms with van der Waals surface area (Å²) in [7, 11) is 0. The minimum Gasteiger partial charge on any atom is -0.298 e. The zero-order chi connectivity index (χ0) is 11.8. The summed E-state index contributed by atoms with van der Waals surface area (Å²) in [5, 5.41) is 0.102. The third-order valence-corrected chi connectivity index (χ3v) is 3.57. The Labute approximate surface area is 98.3 Å². The smallest absolute Gasteiger partial charge is 0.298 e. The number of nitrogens with one attached hydrogen (secondary N) is 1. The van der Waals surface area contributed by atoms with Crippen LogP contribution in [-0.2, 0) is 5.54 Å². The number of aromatic nitrogens is 2. The molecule has 1 aromatic heterocycles. The van der Waals surface area contributed by atoms with E-state index in [4.69, 9.17) is 11.6 Å². The summed E-state index contributed by atoms with van der Waals surface area (Å²) in [4.78, 5) is 26.1. The van der Waals surface area contributed by atoms with Crippen LogP contribution >= 0.6 is 11.6 Å². The molecule has 16 heavy (non-hydrogen) atoms. The van der Waals surface area contributed by atoms with E-state index in [1.54, 1.807) is 0 Å². The number of hydrogen-bond acceptors (Lipinski definition) is 2. The van der Waals surface area contributed by atoms with E-state index >= 15 is 0 Å². The Kier molecular flexibility index (Phi) is 2.93. The standard InChI is InChI=1S/C11H15ClN2O2/c1-11(5-3-2-4-6-11)14-9(15)7-8(12)13-10(14)16/h7H,2-6H2,1H3,(H,13,16). The van der Waals surface area contributed by atoms with Crippen molar-refractivity contribution in [3.8, 4) is 0 Å².